The number of hydrogen-bond donors (Lipinski definition) is 2. The van der Waals surface area contributed by atoms with Gasteiger partial charge in [-0.05, 0) is 26.0 Å². The average Bonchev–Trinajstić information content (AvgIpc) is 2.96. The zero-order valence-electron chi connectivity index (χ0n) is 14.9. The summed E-state index contributed by atoms with van der Waals surface area (Å²) in [5.41, 5.74) is 1.90. The molecule has 0 saturated carbocycles. The largest absolute Gasteiger partial charge is 0.373 e. The van der Waals surface area contributed by atoms with Crippen molar-refractivity contribution in [2.45, 2.75) is 32.5 Å². The number of ether oxygens (including phenoxy) is 1. The Balaban J connectivity index is 1.33. The van der Waals surface area contributed by atoms with E-state index in [1.165, 1.54) is 0 Å². The molecule has 0 aliphatic carbocycles. The minimum Gasteiger partial charge on any atom is -0.373 e. The summed E-state index contributed by atoms with van der Waals surface area (Å²) in [6.07, 6.45) is 5.19. The second-order valence-electron chi connectivity index (χ2n) is 6.65. The number of nitrogens with one attached hydrogen (secondary N) is 2. The predicted molar refractivity (Wildman–Crippen MR) is 96.7 cm³/mol. The number of rotatable bonds is 6. The Morgan fingerprint density at radius 2 is 2.00 bits per heavy atom. The molecule has 136 valence electrons. The minimum absolute atomic E-state index is 0.127. The van der Waals surface area contributed by atoms with Crippen molar-refractivity contribution in [3.05, 3.63) is 36.3 Å². The van der Waals surface area contributed by atoms with Crippen molar-refractivity contribution in [2.24, 2.45) is 0 Å². The molecule has 1 aliphatic heterocycles. The molecular formula is C18H27N5O2. The lowest BCUT2D eigenvalue weighted by molar-refractivity contribution is -0.0672. The maximum absolute atomic E-state index is 11.9. The lowest BCUT2D eigenvalue weighted by Gasteiger charge is -2.35. The molecule has 1 aliphatic rings. The van der Waals surface area contributed by atoms with Gasteiger partial charge in [0.1, 0.15) is 5.65 Å². The Hall–Kier alpha value is -2.12. The van der Waals surface area contributed by atoms with Gasteiger partial charge in [0.15, 0.2) is 0 Å². The van der Waals surface area contributed by atoms with E-state index in [2.05, 4.69) is 34.4 Å². The lowest BCUT2D eigenvalue weighted by Crippen LogP contribution is -2.48. The van der Waals surface area contributed by atoms with Gasteiger partial charge in [0.25, 0.3) is 0 Å². The van der Waals surface area contributed by atoms with Crippen molar-refractivity contribution < 1.29 is 9.53 Å². The highest BCUT2D eigenvalue weighted by Crippen LogP contribution is 2.09. The van der Waals surface area contributed by atoms with Gasteiger partial charge >= 0.3 is 6.03 Å². The zero-order chi connectivity index (χ0) is 17.6. The fourth-order valence-electron chi connectivity index (χ4n) is 3.27. The minimum atomic E-state index is -0.127. The van der Waals surface area contributed by atoms with E-state index in [1.54, 1.807) is 0 Å². The summed E-state index contributed by atoms with van der Waals surface area (Å²) in [4.78, 5) is 18.7. The van der Waals surface area contributed by atoms with Crippen LogP contribution in [0.25, 0.3) is 5.65 Å². The Morgan fingerprint density at radius 1 is 1.24 bits per heavy atom. The van der Waals surface area contributed by atoms with Gasteiger partial charge in [0.2, 0.25) is 0 Å². The van der Waals surface area contributed by atoms with E-state index in [4.69, 9.17) is 4.74 Å². The van der Waals surface area contributed by atoms with Gasteiger partial charge in [-0.25, -0.2) is 9.78 Å². The molecule has 2 amide bonds. The number of carbonyl (C=O) groups is 1. The van der Waals surface area contributed by atoms with E-state index in [0.717, 1.165) is 31.0 Å². The van der Waals surface area contributed by atoms with Gasteiger partial charge < -0.3 is 19.8 Å². The highest BCUT2D eigenvalue weighted by atomic mass is 16.5. The maximum atomic E-state index is 11.9. The van der Waals surface area contributed by atoms with Crippen LogP contribution < -0.4 is 10.6 Å². The van der Waals surface area contributed by atoms with E-state index in [9.17, 15) is 4.79 Å². The first kappa shape index (κ1) is 17.7. The van der Waals surface area contributed by atoms with E-state index >= 15 is 0 Å². The van der Waals surface area contributed by atoms with E-state index in [-0.39, 0.29) is 18.2 Å². The summed E-state index contributed by atoms with van der Waals surface area (Å²) >= 11 is 0. The van der Waals surface area contributed by atoms with Crippen LogP contribution in [0.15, 0.2) is 30.6 Å². The topological polar surface area (TPSA) is 70.9 Å². The lowest BCUT2D eigenvalue weighted by atomic mass is 10.2. The number of carbonyl (C=O) groups excluding carboxylic acids is 1. The Kier molecular flexibility index (Phi) is 5.88. The van der Waals surface area contributed by atoms with Crippen LogP contribution in [0.3, 0.4) is 0 Å². The molecule has 0 bridgehead atoms. The number of fused-ring (bicyclic) bond motifs is 1. The number of amides is 2. The van der Waals surface area contributed by atoms with Gasteiger partial charge in [-0.15, -0.1) is 0 Å². The van der Waals surface area contributed by atoms with E-state index < -0.39 is 0 Å². The van der Waals surface area contributed by atoms with Crippen molar-refractivity contribution >= 4 is 11.7 Å². The molecule has 0 radical (unpaired) electrons. The van der Waals surface area contributed by atoms with Crippen LogP contribution in [0.5, 0.6) is 0 Å². The first-order valence-electron chi connectivity index (χ1n) is 8.92. The molecule has 1 fully saturated rings. The number of imidazole rings is 1. The number of urea groups is 1. The molecular weight excluding hydrogens is 318 g/mol. The zero-order valence-corrected chi connectivity index (χ0v) is 14.9. The molecule has 0 aromatic carbocycles. The highest BCUT2D eigenvalue weighted by molar-refractivity contribution is 5.73. The second-order valence-corrected chi connectivity index (χ2v) is 6.65. The van der Waals surface area contributed by atoms with Crippen molar-refractivity contribution in [1.29, 1.82) is 0 Å². The summed E-state index contributed by atoms with van der Waals surface area (Å²) in [7, 11) is 0. The number of aromatic nitrogens is 2. The van der Waals surface area contributed by atoms with Crippen LogP contribution in [-0.2, 0) is 11.2 Å². The van der Waals surface area contributed by atoms with Gasteiger partial charge in [-0.1, -0.05) is 6.07 Å². The smallest absolute Gasteiger partial charge is 0.314 e. The van der Waals surface area contributed by atoms with Crippen molar-refractivity contribution in [3.8, 4) is 0 Å². The molecule has 2 aromatic rings. The predicted octanol–water partition coefficient (Wildman–Crippen LogP) is 1.29. The summed E-state index contributed by atoms with van der Waals surface area (Å²) in [6.45, 7) is 8.06. The molecule has 2 N–H and O–H groups in total. The number of pyridine rings is 1. The third-order valence-electron chi connectivity index (χ3n) is 4.29. The summed E-state index contributed by atoms with van der Waals surface area (Å²) < 4.78 is 7.70. The quantitative estimate of drug-likeness (QED) is 0.828. The van der Waals surface area contributed by atoms with Crippen LogP contribution in [-0.4, -0.2) is 65.2 Å². The maximum Gasteiger partial charge on any atom is 0.314 e. The molecule has 7 nitrogen and oxygen atoms in total. The molecule has 0 spiro atoms. The molecule has 2 atom stereocenters. The normalized spacial score (nSPS) is 21.4. The molecule has 3 rings (SSSR count). The Labute approximate surface area is 148 Å². The Bertz CT molecular complexity index is 659. The molecule has 25 heavy (non-hydrogen) atoms. The van der Waals surface area contributed by atoms with E-state index in [1.807, 2.05) is 35.0 Å². The average molecular weight is 345 g/mol. The monoisotopic (exact) mass is 345 g/mol. The third-order valence-corrected chi connectivity index (χ3v) is 4.29. The number of hydrogen-bond acceptors (Lipinski definition) is 4. The van der Waals surface area contributed by atoms with Gasteiger partial charge in [0.05, 0.1) is 17.9 Å². The van der Waals surface area contributed by atoms with E-state index in [0.29, 0.717) is 19.5 Å². The van der Waals surface area contributed by atoms with Crippen molar-refractivity contribution in [2.75, 3.05) is 32.7 Å². The SMILES string of the molecule is C[C@@H]1CN(CCNC(=O)NCCc2cn3ccccc3n2)C[C@@H](C)O1. The van der Waals surface area contributed by atoms with Crippen LogP contribution in [0.4, 0.5) is 4.79 Å². The van der Waals surface area contributed by atoms with Crippen molar-refractivity contribution in [3.63, 3.8) is 0 Å². The molecule has 1 saturated heterocycles. The van der Waals surface area contributed by atoms with Crippen LogP contribution >= 0.6 is 0 Å². The standard InChI is InChI=1S/C18H27N5O2/c1-14-11-22(12-15(2)25-14)10-8-20-18(24)19-7-6-16-13-23-9-4-3-5-17(23)21-16/h3-5,9,13-15H,6-8,10-12H2,1-2H3,(H2,19,20,24)/t14-,15-/m1/s1. The first-order chi connectivity index (χ1) is 12.1. The summed E-state index contributed by atoms with van der Waals surface area (Å²) in [6, 6.07) is 5.78. The van der Waals surface area contributed by atoms with Crippen LogP contribution in [0, 0.1) is 0 Å². The Morgan fingerprint density at radius 3 is 2.76 bits per heavy atom. The van der Waals surface area contributed by atoms with Crippen LogP contribution in [0.1, 0.15) is 19.5 Å². The molecule has 0 unspecified atom stereocenters. The fourth-order valence-corrected chi connectivity index (χ4v) is 3.27. The number of nitrogens with zero attached hydrogens (tertiary/aromatic N) is 3. The third kappa shape index (κ3) is 5.17. The second kappa shape index (κ2) is 8.31. The van der Waals surface area contributed by atoms with Gasteiger partial charge in [0, 0.05) is 51.5 Å². The van der Waals surface area contributed by atoms with Crippen LogP contribution in [0.2, 0.25) is 0 Å². The fraction of sp³-hybridized carbons (Fsp3) is 0.556. The highest BCUT2D eigenvalue weighted by Gasteiger charge is 2.21. The van der Waals surface area contributed by atoms with Gasteiger partial charge in [-0.2, -0.15) is 0 Å². The molecule has 3 heterocycles. The van der Waals surface area contributed by atoms with Gasteiger partial charge in [-0.3, -0.25) is 4.90 Å². The van der Waals surface area contributed by atoms with Crippen molar-refractivity contribution in [1.82, 2.24) is 24.9 Å². The first-order valence-corrected chi connectivity index (χ1v) is 8.92. The molecule has 7 heteroatoms. The number of morpholine rings is 1. The summed E-state index contributed by atoms with van der Waals surface area (Å²) in [5, 5.41) is 5.80. The molecule has 2 aromatic heterocycles. The summed E-state index contributed by atoms with van der Waals surface area (Å²) in [5.74, 6) is 0.